The molecule has 0 atom stereocenters. The van der Waals surface area contributed by atoms with Crippen molar-refractivity contribution in [2.75, 3.05) is 7.11 Å². The lowest BCUT2D eigenvalue weighted by Crippen LogP contribution is -2.08. The van der Waals surface area contributed by atoms with Crippen LogP contribution in [0.5, 0.6) is 0 Å². The van der Waals surface area contributed by atoms with Crippen molar-refractivity contribution in [3.63, 3.8) is 0 Å². The zero-order valence-electron chi connectivity index (χ0n) is 9.30. The summed E-state index contributed by atoms with van der Waals surface area (Å²) < 4.78 is 56.0. The van der Waals surface area contributed by atoms with Gasteiger partial charge in [-0.2, -0.15) is 5.26 Å². The van der Waals surface area contributed by atoms with E-state index in [1.165, 1.54) is 6.07 Å². The van der Waals surface area contributed by atoms with E-state index in [0.717, 1.165) is 7.11 Å². The predicted octanol–water partition coefficient (Wildman–Crippen LogP) is 2.21. The van der Waals surface area contributed by atoms with Gasteiger partial charge in [-0.05, 0) is 6.07 Å². The molecule has 0 heterocycles. The summed E-state index contributed by atoms with van der Waals surface area (Å²) in [5.74, 6) is -10.7. The lowest BCUT2D eigenvalue weighted by Gasteiger charge is -2.06. The van der Waals surface area contributed by atoms with Crippen molar-refractivity contribution in [1.82, 2.24) is 0 Å². The van der Waals surface area contributed by atoms with E-state index in [4.69, 9.17) is 5.26 Å². The molecule has 0 aromatic heterocycles. The summed E-state index contributed by atoms with van der Waals surface area (Å²) in [6.07, 6.45) is 0. The zero-order valence-corrected chi connectivity index (χ0v) is 9.30. The summed E-state index contributed by atoms with van der Waals surface area (Å²) in [5, 5.41) is 18.1. The lowest BCUT2D eigenvalue weighted by atomic mass is 10.1. The molecule has 0 aliphatic rings. The maximum absolute atomic E-state index is 13.3. The molecule has 0 aliphatic carbocycles. The SMILES string of the molecule is COC(=O)/C(C#N)=C(\O)c1cc(F)c(F)c(F)c1F. The molecule has 0 fully saturated rings. The molecule has 0 aliphatic heterocycles. The average molecular weight is 275 g/mol. The molecule has 4 nitrogen and oxygen atoms in total. The second-order valence-electron chi connectivity index (χ2n) is 3.17. The van der Waals surface area contributed by atoms with Crippen LogP contribution in [-0.4, -0.2) is 18.2 Å². The molecular formula is C11H5F4NO3. The Morgan fingerprint density at radius 3 is 2.32 bits per heavy atom. The number of aliphatic hydroxyl groups is 1. The van der Waals surface area contributed by atoms with Crippen molar-refractivity contribution in [1.29, 1.82) is 5.26 Å². The second kappa shape index (κ2) is 5.39. The highest BCUT2D eigenvalue weighted by Gasteiger charge is 2.25. The van der Waals surface area contributed by atoms with E-state index >= 15 is 0 Å². The number of halogens is 4. The summed E-state index contributed by atoms with van der Waals surface area (Å²) in [4.78, 5) is 11.1. The van der Waals surface area contributed by atoms with Crippen molar-refractivity contribution in [2.45, 2.75) is 0 Å². The molecule has 8 heteroatoms. The van der Waals surface area contributed by atoms with Crippen LogP contribution in [0.3, 0.4) is 0 Å². The Kier molecular flexibility index (Phi) is 4.11. The molecule has 100 valence electrons. The number of aliphatic hydroxyl groups excluding tert-OH is 1. The van der Waals surface area contributed by atoms with Crippen LogP contribution >= 0.6 is 0 Å². The van der Waals surface area contributed by atoms with Crippen LogP contribution in [0.1, 0.15) is 5.56 Å². The maximum atomic E-state index is 13.3. The summed E-state index contributed by atoms with van der Waals surface area (Å²) in [5.41, 5.74) is -2.25. The Labute approximate surface area is 104 Å². The first-order valence-corrected chi connectivity index (χ1v) is 4.60. The highest BCUT2D eigenvalue weighted by molar-refractivity contribution is 5.99. The van der Waals surface area contributed by atoms with Gasteiger partial charge in [-0.1, -0.05) is 0 Å². The molecule has 0 radical (unpaired) electrons. The first-order chi connectivity index (χ1) is 8.84. The van der Waals surface area contributed by atoms with Gasteiger partial charge >= 0.3 is 5.97 Å². The smallest absolute Gasteiger partial charge is 0.352 e. The van der Waals surface area contributed by atoms with Crippen LogP contribution < -0.4 is 0 Å². The molecule has 0 bridgehead atoms. The van der Waals surface area contributed by atoms with E-state index < -0.39 is 46.1 Å². The monoisotopic (exact) mass is 275 g/mol. The number of carbonyl (C=O) groups is 1. The average Bonchev–Trinajstić information content (AvgIpc) is 2.40. The third-order valence-corrected chi connectivity index (χ3v) is 2.10. The van der Waals surface area contributed by atoms with Crippen molar-refractivity contribution < 1.29 is 32.2 Å². The normalized spacial score (nSPS) is 11.6. The van der Waals surface area contributed by atoms with E-state index in [2.05, 4.69) is 4.74 Å². The van der Waals surface area contributed by atoms with Crippen LogP contribution in [0.25, 0.3) is 5.76 Å². The Hall–Kier alpha value is -2.56. The highest BCUT2D eigenvalue weighted by atomic mass is 19.2. The van der Waals surface area contributed by atoms with Crippen LogP contribution in [-0.2, 0) is 9.53 Å². The van der Waals surface area contributed by atoms with Gasteiger partial charge < -0.3 is 9.84 Å². The number of rotatable bonds is 2. The van der Waals surface area contributed by atoms with Crippen molar-refractivity contribution in [3.8, 4) is 6.07 Å². The number of hydrogen-bond acceptors (Lipinski definition) is 4. The molecule has 19 heavy (non-hydrogen) atoms. The van der Waals surface area contributed by atoms with Crippen LogP contribution in [0.4, 0.5) is 17.6 Å². The highest BCUT2D eigenvalue weighted by Crippen LogP contribution is 2.25. The minimum atomic E-state index is -2.18. The molecule has 1 rings (SSSR count). The number of methoxy groups -OCH3 is 1. The number of benzene rings is 1. The Morgan fingerprint density at radius 2 is 1.84 bits per heavy atom. The fourth-order valence-electron chi connectivity index (χ4n) is 1.18. The van der Waals surface area contributed by atoms with Crippen molar-refractivity contribution >= 4 is 11.7 Å². The Balaban J connectivity index is 3.59. The van der Waals surface area contributed by atoms with E-state index in [1.807, 2.05) is 0 Å². The molecule has 0 amide bonds. The second-order valence-corrected chi connectivity index (χ2v) is 3.17. The van der Waals surface area contributed by atoms with E-state index in [0.29, 0.717) is 0 Å². The largest absolute Gasteiger partial charge is 0.506 e. The fourth-order valence-corrected chi connectivity index (χ4v) is 1.18. The topological polar surface area (TPSA) is 70.3 Å². The van der Waals surface area contributed by atoms with E-state index in [1.54, 1.807) is 0 Å². The molecule has 1 N–H and O–H groups in total. The maximum Gasteiger partial charge on any atom is 0.352 e. The molecule has 0 spiro atoms. The van der Waals surface area contributed by atoms with Gasteiger partial charge in [0, 0.05) is 0 Å². The summed E-state index contributed by atoms with van der Waals surface area (Å²) in [6.45, 7) is 0. The molecular weight excluding hydrogens is 270 g/mol. The third-order valence-electron chi connectivity index (χ3n) is 2.10. The quantitative estimate of drug-likeness (QED) is 0.171. The first kappa shape index (κ1) is 14.5. The van der Waals surface area contributed by atoms with Gasteiger partial charge in [-0.25, -0.2) is 22.4 Å². The predicted molar refractivity (Wildman–Crippen MR) is 53.5 cm³/mol. The minimum Gasteiger partial charge on any atom is -0.506 e. The Bertz CT molecular complexity index is 619. The first-order valence-electron chi connectivity index (χ1n) is 4.60. The van der Waals surface area contributed by atoms with Crippen LogP contribution in [0.2, 0.25) is 0 Å². The molecule has 1 aromatic carbocycles. The molecule has 1 aromatic rings. The standard InChI is InChI=1S/C11H5F4NO3/c1-19-11(18)5(3-16)10(17)4-2-6(12)8(14)9(15)7(4)13/h2,17H,1H3/b10-5-. The number of nitrogens with zero attached hydrogens (tertiary/aromatic N) is 1. The summed E-state index contributed by atoms with van der Waals surface area (Å²) in [7, 11) is 0.870. The minimum absolute atomic E-state index is 0.114. The Morgan fingerprint density at radius 1 is 1.26 bits per heavy atom. The van der Waals surface area contributed by atoms with Crippen molar-refractivity contribution in [3.05, 3.63) is 40.5 Å². The van der Waals surface area contributed by atoms with Crippen molar-refractivity contribution in [2.24, 2.45) is 0 Å². The van der Waals surface area contributed by atoms with Gasteiger partial charge in [-0.3, -0.25) is 0 Å². The summed E-state index contributed by atoms with van der Waals surface area (Å²) >= 11 is 0. The fraction of sp³-hybridized carbons (Fsp3) is 0.0909. The number of esters is 1. The van der Waals surface area contributed by atoms with Gasteiger partial charge in [0.05, 0.1) is 12.7 Å². The number of carbonyl (C=O) groups excluding carboxylic acids is 1. The third kappa shape index (κ3) is 2.49. The van der Waals surface area contributed by atoms with Gasteiger partial charge in [-0.15, -0.1) is 0 Å². The molecule has 0 saturated carbocycles. The van der Waals surface area contributed by atoms with Crippen LogP contribution in [0.15, 0.2) is 11.6 Å². The van der Waals surface area contributed by atoms with E-state index in [-0.39, 0.29) is 6.07 Å². The summed E-state index contributed by atoms with van der Waals surface area (Å²) in [6, 6.07) is 1.30. The lowest BCUT2D eigenvalue weighted by molar-refractivity contribution is -0.135. The number of hydrogen-bond donors (Lipinski definition) is 1. The van der Waals surface area contributed by atoms with Gasteiger partial charge in [0.2, 0.25) is 0 Å². The zero-order chi connectivity index (χ0) is 14.7. The van der Waals surface area contributed by atoms with Gasteiger partial charge in [0.1, 0.15) is 6.07 Å². The number of ether oxygens (including phenoxy) is 1. The molecule has 0 saturated heterocycles. The van der Waals surface area contributed by atoms with Gasteiger partial charge in [0.25, 0.3) is 0 Å². The number of nitriles is 1. The van der Waals surface area contributed by atoms with Gasteiger partial charge in [0.15, 0.2) is 34.6 Å². The molecule has 0 unspecified atom stereocenters. The van der Waals surface area contributed by atoms with E-state index in [9.17, 15) is 27.5 Å². The van der Waals surface area contributed by atoms with Crippen LogP contribution in [0, 0.1) is 34.6 Å².